The van der Waals surface area contributed by atoms with Crippen molar-refractivity contribution in [2.24, 2.45) is 0 Å². The molecule has 0 aromatic carbocycles. The second kappa shape index (κ2) is 5.28. The molecule has 0 radical (unpaired) electrons. The van der Waals surface area contributed by atoms with Gasteiger partial charge in [0.05, 0.1) is 5.69 Å². The average Bonchev–Trinajstić information content (AvgIpc) is 2.55. The Morgan fingerprint density at radius 1 is 1.31 bits per heavy atom. The molecule has 1 fully saturated rings. The van der Waals surface area contributed by atoms with Gasteiger partial charge in [-0.15, -0.1) is 0 Å². The first-order valence-electron chi connectivity index (χ1n) is 6.39. The standard InChI is InChI=1S/C13H20N2O/c1-2-11-13(15-12(9-16)14-11)10-7-5-3-4-6-8-10/h9-10H,2-8H2,1H3,(H,14,15). The van der Waals surface area contributed by atoms with Gasteiger partial charge in [-0.2, -0.15) is 0 Å². The number of imidazole rings is 1. The first-order valence-corrected chi connectivity index (χ1v) is 6.39. The second-order valence-corrected chi connectivity index (χ2v) is 4.65. The molecule has 3 heteroatoms. The summed E-state index contributed by atoms with van der Waals surface area (Å²) >= 11 is 0. The van der Waals surface area contributed by atoms with E-state index in [9.17, 15) is 4.79 Å². The van der Waals surface area contributed by atoms with Crippen LogP contribution in [0.1, 0.15) is 73.4 Å². The number of rotatable bonds is 3. The van der Waals surface area contributed by atoms with Crippen molar-refractivity contribution < 1.29 is 4.79 Å². The number of carbonyl (C=O) groups excluding carboxylic acids is 1. The normalized spacial score (nSPS) is 18.3. The van der Waals surface area contributed by atoms with E-state index in [0.29, 0.717) is 11.7 Å². The number of carbonyl (C=O) groups is 1. The summed E-state index contributed by atoms with van der Waals surface area (Å²) in [6.07, 6.45) is 9.53. The molecule has 1 heterocycles. The molecular formula is C13H20N2O. The van der Waals surface area contributed by atoms with Crippen LogP contribution >= 0.6 is 0 Å². The lowest BCUT2D eigenvalue weighted by atomic mass is 9.95. The zero-order valence-corrected chi connectivity index (χ0v) is 9.96. The molecule has 3 nitrogen and oxygen atoms in total. The molecule has 0 unspecified atom stereocenters. The number of hydrogen-bond donors (Lipinski definition) is 1. The van der Waals surface area contributed by atoms with E-state index in [-0.39, 0.29) is 0 Å². The quantitative estimate of drug-likeness (QED) is 0.628. The van der Waals surface area contributed by atoms with Gasteiger partial charge in [0, 0.05) is 11.6 Å². The van der Waals surface area contributed by atoms with Crippen LogP contribution in [0, 0.1) is 0 Å². The number of nitrogens with one attached hydrogen (secondary N) is 1. The molecule has 0 saturated heterocycles. The van der Waals surface area contributed by atoms with Gasteiger partial charge in [-0.3, -0.25) is 4.79 Å². The molecule has 0 aliphatic heterocycles. The Kier molecular flexibility index (Phi) is 3.75. The van der Waals surface area contributed by atoms with Crippen molar-refractivity contribution in [1.29, 1.82) is 0 Å². The highest BCUT2D eigenvalue weighted by molar-refractivity contribution is 5.69. The monoisotopic (exact) mass is 220 g/mol. The first-order chi connectivity index (χ1) is 7.85. The second-order valence-electron chi connectivity index (χ2n) is 4.65. The third kappa shape index (κ3) is 2.34. The lowest BCUT2D eigenvalue weighted by Gasteiger charge is -2.12. The molecule has 0 atom stereocenters. The lowest BCUT2D eigenvalue weighted by Crippen LogP contribution is -2.01. The minimum Gasteiger partial charge on any atom is -0.339 e. The predicted molar refractivity (Wildman–Crippen MR) is 63.8 cm³/mol. The summed E-state index contributed by atoms with van der Waals surface area (Å²) in [4.78, 5) is 18.3. The van der Waals surface area contributed by atoms with Gasteiger partial charge < -0.3 is 4.98 Å². The summed E-state index contributed by atoms with van der Waals surface area (Å²) in [5.41, 5.74) is 2.32. The molecule has 0 amide bonds. The van der Waals surface area contributed by atoms with Crippen molar-refractivity contribution in [2.75, 3.05) is 0 Å². The van der Waals surface area contributed by atoms with E-state index in [1.54, 1.807) is 0 Å². The highest BCUT2D eigenvalue weighted by atomic mass is 16.1. The number of nitrogens with zero attached hydrogens (tertiary/aromatic N) is 1. The van der Waals surface area contributed by atoms with Gasteiger partial charge in [0.2, 0.25) is 0 Å². The Hall–Kier alpha value is -1.12. The van der Waals surface area contributed by atoms with E-state index in [1.807, 2.05) is 0 Å². The SMILES string of the molecule is CCc1[nH]c(C=O)nc1C1CCCCCC1. The Morgan fingerprint density at radius 3 is 2.56 bits per heavy atom. The van der Waals surface area contributed by atoms with Gasteiger partial charge >= 0.3 is 0 Å². The topological polar surface area (TPSA) is 45.8 Å². The number of aryl methyl sites for hydroxylation is 1. The molecule has 1 saturated carbocycles. The van der Waals surface area contributed by atoms with Crippen LogP contribution in [-0.2, 0) is 6.42 Å². The fourth-order valence-electron chi connectivity index (χ4n) is 2.66. The Balaban J connectivity index is 2.22. The summed E-state index contributed by atoms with van der Waals surface area (Å²) in [6.45, 7) is 2.11. The van der Waals surface area contributed by atoms with E-state index in [1.165, 1.54) is 38.5 Å². The molecule has 2 rings (SSSR count). The fraction of sp³-hybridized carbons (Fsp3) is 0.692. The maximum atomic E-state index is 10.7. The Labute approximate surface area is 96.7 Å². The summed E-state index contributed by atoms with van der Waals surface area (Å²) < 4.78 is 0. The molecule has 0 spiro atoms. The maximum Gasteiger partial charge on any atom is 0.185 e. The van der Waals surface area contributed by atoms with Crippen LogP contribution in [0.3, 0.4) is 0 Å². The number of H-pyrrole nitrogens is 1. The number of aromatic nitrogens is 2. The van der Waals surface area contributed by atoms with Crippen molar-refractivity contribution in [3.05, 3.63) is 17.2 Å². The zero-order chi connectivity index (χ0) is 11.4. The van der Waals surface area contributed by atoms with Gasteiger partial charge in [-0.1, -0.05) is 32.6 Å². The smallest absolute Gasteiger partial charge is 0.185 e. The molecule has 1 N–H and O–H groups in total. The van der Waals surface area contributed by atoms with Gasteiger partial charge in [-0.05, 0) is 19.3 Å². The minimum absolute atomic E-state index is 0.496. The molecule has 0 bridgehead atoms. The third-order valence-electron chi connectivity index (χ3n) is 3.54. The van der Waals surface area contributed by atoms with Crippen LogP contribution in [0.25, 0.3) is 0 Å². The zero-order valence-electron chi connectivity index (χ0n) is 9.96. The van der Waals surface area contributed by atoms with E-state index in [4.69, 9.17) is 0 Å². The Morgan fingerprint density at radius 2 is 2.00 bits per heavy atom. The largest absolute Gasteiger partial charge is 0.339 e. The summed E-state index contributed by atoms with van der Waals surface area (Å²) in [5, 5.41) is 0. The predicted octanol–water partition coefficient (Wildman–Crippen LogP) is 3.22. The summed E-state index contributed by atoms with van der Waals surface area (Å²) in [5.74, 6) is 1.07. The molecule has 1 aromatic rings. The van der Waals surface area contributed by atoms with E-state index >= 15 is 0 Å². The molecule has 16 heavy (non-hydrogen) atoms. The highest BCUT2D eigenvalue weighted by Gasteiger charge is 2.20. The van der Waals surface area contributed by atoms with E-state index in [0.717, 1.165) is 24.1 Å². The lowest BCUT2D eigenvalue weighted by molar-refractivity contribution is 0.111. The van der Waals surface area contributed by atoms with Gasteiger partial charge in [-0.25, -0.2) is 4.98 Å². The van der Waals surface area contributed by atoms with Crippen LogP contribution in [0.5, 0.6) is 0 Å². The third-order valence-corrected chi connectivity index (χ3v) is 3.54. The molecular weight excluding hydrogens is 200 g/mol. The summed E-state index contributed by atoms with van der Waals surface area (Å²) in [7, 11) is 0. The van der Waals surface area contributed by atoms with Crippen molar-refractivity contribution in [3.8, 4) is 0 Å². The van der Waals surface area contributed by atoms with Crippen molar-refractivity contribution in [2.45, 2.75) is 57.8 Å². The molecule has 1 aliphatic carbocycles. The van der Waals surface area contributed by atoms with Crippen LogP contribution in [0.2, 0.25) is 0 Å². The minimum atomic E-state index is 0.496. The average molecular weight is 220 g/mol. The first kappa shape index (κ1) is 11.4. The van der Waals surface area contributed by atoms with Crippen molar-refractivity contribution in [1.82, 2.24) is 9.97 Å². The number of aromatic amines is 1. The van der Waals surface area contributed by atoms with E-state index in [2.05, 4.69) is 16.9 Å². The number of hydrogen-bond acceptors (Lipinski definition) is 2. The highest BCUT2D eigenvalue weighted by Crippen LogP contribution is 2.32. The molecule has 88 valence electrons. The van der Waals surface area contributed by atoms with Crippen LogP contribution in [0.15, 0.2) is 0 Å². The van der Waals surface area contributed by atoms with Gasteiger partial charge in [0.1, 0.15) is 0 Å². The van der Waals surface area contributed by atoms with Crippen LogP contribution < -0.4 is 0 Å². The molecule has 1 aliphatic rings. The number of aldehydes is 1. The van der Waals surface area contributed by atoms with Crippen LogP contribution in [0.4, 0.5) is 0 Å². The van der Waals surface area contributed by atoms with Crippen LogP contribution in [-0.4, -0.2) is 16.3 Å². The van der Waals surface area contributed by atoms with Gasteiger partial charge in [0.25, 0.3) is 0 Å². The van der Waals surface area contributed by atoms with Crippen molar-refractivity contribution in [3.63, 3.8) is 0 Å². The van der Waals surface area contributed by atoms with E-state index < -0.39 is 0 Å². The van der Waals surface area contributed by atoms with Crippen molar-refractivity contribution >= 4 is 6.29 Å². The Bertz CT molecular complexity index is 349. The van der Waals surface area contributed by atoms with Gasteiger partial charge in [0.15, 0.2) is 12.1 Å². The summed E-state index contributed by atoms with van der Waals surface area (Å²) in [6, 6.07) is 0. The maximum absolute atomic E-state index is 10.7. The fourth-order valence-corrected chi connectivity index (χ4v) is 2.66. The molecule has 1 aromatic heterocycles.